The van der Waals surface area contributed by atoms with Gasteiger partial charge in [0.25, 0.3) is 0 Å². The highest BCUT2D eigenvalue weighted by atomic mass is 16.5. The largest absolute Gasteiger partial charge is 0.489 e. The van der Waals surface area contributed by atoms with Crippen LogP contribution in [0.2, 0.25) is 0 Å². The van der Waals surface area contributed by atoms with Crippen LogP contribution in [-0.2, 0) is 16.1 Å². The molecule has 1 atom stereocenters. The summed E-state index contributed by atoms with van der Waals surface area (Å²) in [6, 6.07) is 15.9. The monoisotopic (exact) mass is 322 g/mol. The third-order valence-electron chi connectivity index (χ3n) is 3.86. The van der Waals surface area contributed by atoms with Crippen molar-refractivity contribution in [2.24, 2.45) is 0 Å². The Labute approximate surface area is 143 Å². The predicted octanol–water partition coefficient (Wildman–Crippen LogP) is 4.24. The fraction of sp³-hybridized carbons (Fsp3) is 0.286. The Hall–Kier alpha value is -2.73. The molecule has 2 rings (SSSR count). The second-order valence-corrected chi connectivity index (χ2v) is 5.51. The zero-order valence-corrected chi connectivity index (χ0v) is 14.3. The summed E-state index contributed by atoms with van der Waals surface area (Å²) in [5.74, 6) is 6.31. The van der Waals surface area contributed by atoms with E-state index in [1.165, 1.54) is 18.2 Å². The number of methoxy groups -OCH3 is 1. The highest BCUT2D eigenvalue weighted by Crippen LogP contribution is 2.23. The highest BCUT2D eigenvalue weighted by Gasteiger charge is 2.14. The molecule has 0 heterocycles. The fourth-order valence-electron chi connectivity index (χ4n) is 2.41. The van der Waals surface area contributed by atoms with Crippen molar-refractivity contribution in [3.63, 3.8) is 0 Å². The Morgan fingerprint density at radius 2 is 1.83 bits per heavy atom. The van der Waals surface area contributed by atoms with Gasteiger partial charge in [-0.1, -0.05) is 42.3 Å². The lowest BCUT2D eigenvalue weighted by atomic mass is 9.96. The van der Waals surface area contributed by atoms with Gasteiger partial charge in [-0.2, -0.15) is 0 Å². The quantitative estimate of drug-likeness (QED) is 0.589. The van der Waals surface area contributed by atoms with Gasteiger partial charge < -0.3 is 9.47 Å². The molecule has 2 aromatic carbocycles. The maximum atomic E-state index is 11.5. The minimum atomic E-state index is -0.261. The van der Waals surface area contributed by atoms with Gasteiger partial charge >= 0.3 is 5.97 Å². The maximum Gasteiger partial charge on any atom is 0.307 e. The van der Waals surface area contributed by atoms with Crippen LogP contribution in [0.25, 0.3) is 0 Å². The molecule has 3 nitrogen and oxygen atoms in total. The van der Waals surface area contributed by atoms with Crippen molar-refractivity contribution in [2.75, 3.05) is 7.11 Å². The van der Waals surface area contributed by atoms with Gasteiger partial charge in [-0.05, 0) is 42.7 Å². The summed E-state index contributed by atoms with van der Waals surface area (Å²) in [6.45, 7) is 4.37. The van der Waals surface area contributed by atoms with E-state index in [1.54, 1.807) is 6.92 Å². The first-order valence-electron chi connectivity index (χ1n) is 7.90. The molecular formula is C21H22O3. The Morgan fingerprint density at radius 1 is 1.12 bits per heavy atom. The Bertz CT molecular complexity index is 736. The molecule has 0 aliphatic carbocycles. The second-order valence-electron chi connectivity index (χ2n) is 5.51. The van der Waals surface area contributed by atoms with E-state index in [9.17, 15) is 4.79 Å². The number of aryl methyl sites for hydroxylation is 1. The van der Waals surface area contributed by atoms with Crippen LogP contribution in [0.4, 0.5) is 0 Å². The Balaban J connectivity index is 2.04. The summed E-state index contributed by atoms with van der Waals surface area (Å²) in [5.41, 5.74) is 3.37. The number of hydrogen-bond donors (Lipinski definition) is 0. The first-order chi connectivity index (χ1) is 11.6. The standard InChI is InChI=1S/C21H22O3/c1-4-7-18(14-21(22)23-3)17-10-12-20(13-11-17)24-15-19-9-6-5-8-16(19)2/h5-6,8-13,18H,14-15H2,1-3H3/t18-/m1/s1. The van der Waals surface area contributed by atoms with Gasteiger partial charge in [0.05, 0.1) is 19.4 Å². The third kappa shape index (κ3) is 4.89. The number of carbonyl (C=O) groups is 1. The predicted molar refractivity (Wildman–Crippen MR) is 94.8 cm³/mol. The topological polar surface area (TPSA) is 35.5 Å². The number of benzene rings is 2. The average Bonchev–Trinajstić information content (AvgIpc) is 2.61. The second kappa shape index (κ2) is 8.79. The number of rotatable bonds is 6. The van der Waals surface area contributed by atoms with Crippen molar-refractivity contribution in [2.45, 2.75) is 32.8 Å². The Morgan fingerprint density at radius 3 is 2.46 bits per heavy atom. The van der Waals surface area contributed by atoms with E-state index in [2.05, 4.69) is 30.9 Å². The smallest absolute Gasteiger partial charge is 0.307 e. The molecule has 124 valence electrons. The molecule has 0 aromatic heterocycles. The van der Waals surface area contributed by atoms with Crippen molar-refractivity contribution in [1.82, 2.24) is 0 Å². The molecule has 0 aliphatic rings. The molecule has 0 saturated carbocycles. The number of ether oxygens (including phenoxy) is 2. The van der Waals surface area contributed by atoms with E-state index in [1.807, 2.05) is 36.4 Å². The van der Waals surface area contributed by atoms with E-state index in [4.69, 9.17) is 9.47 Å². The highest BCUT2D eigenvalue weighted by molar-refractivity contribution is 5.71. The van der Waals surface area contributed by atoms with Crippen molar-refractivity contribution in [1.29, 1.82) is 0 Å². The van der Waals surface area contributed by atoms with Crippen molar-refractivity contribution in [3.05, 3.63) is 65.2 Å². The molecule has 0 N–H and O–H groups in total. The summed E-state index contributed by atoms with van der Waals surface area (Å²) in [7, 11) is 1.39. The zero-order valence-electron chi connectivity index (χ0n) is 14.3. The molecule has 3 heteroatoms. The van der Waals surface area contributed by atoms with E-state index in [-0.39, 0.29) is 18.3 Å². The molecule has 0 fully saturated rings. The van der Waals surface area contributed by atoms with Crippen LogP contribution >= 0.6 is 0 Å². The van der Waals surface area contributed by atoms with Crippen LogP contribution in [0.5, 0.6) is 5.75 Å². The summed E-state index contributed by atoms with van der Waals surface area (Å²) in [5, 5.41) is 0. The molecule has 0 bridgehead atoms. The van der Waals surface area contributed by atoms with E-state index >= 15 is 0 Å². The van der Waals surface area contributed by atoms with E-state index in [0.29, 0.717) is 6.61 Å². The normalized spacial score (nSPS) is 11.1. The number of hydrogen-bond acceptors (Lipinski definition) is 3. The van der Waals surface area contributed by atoms with Crippen LogP contribution < -0.4 is 4.74 Å². The molecule has 2 aromatic rings. The third-order valence-corrected chi connectivity index (χ3v) is 3.86. The fourth-order valence-corrected chi connectivity index (χ4v) is 2.41. The van der Waals surface area contributed by atoms with Gasteiger partial charge in [0.2, 0.25) is 0 Å². The van der Waals surface area contributed by atoms with Gasteiger partial charge in [0.15, 0.2) is 0 Å². The van der Waals surface area contributed by atoms with Crippen molar-refractivity contribution < 1.29 is 14.3 Å². The molecule has 0 saturated heterocycles. The molecule has 0 radical (unpaired) electrons. The number of carbonyl (C=O) groups excluding carboxylic acids is 1. The van der Waals surface area contributed by atoms with Gasteiger partial charge in [-0.15, -0.1) is 5.92 Å². The summed E-state index contributed by atoms with van der Waals surface area (Å²) < 4.78 is 10.6. The van der Waals surface area contributed by atoms with Crippen LogP contribution in [-0.4, -0.2) is 13.1 Å². The van der Waals surface area contributed by atoms with Crippen LogP contribution in [0.15, 0.2) is 48.5 Å². The lowest BCUT2D eigenvalue weighted by Gasteiger charge is -2.12. The van der Waals surface area contributed by atoms with Gasteiger partial charge in [-0.3, -0.25) is 4.79 Å². The SMILES string of the molecule is CC#C[C@H](CC(=O)OC)c1ccc(OCc2ccccc2C)cc1. The van der Waals surface area contributed by atoms with Crippen molar-refractivity contribution >= 4 is 5.97 Å². The average molecular weight is 322 g/mol. The van der Waals surface area contributed by atoms with Crippen LogP contribution in [0.1, 0.15) is 36.0 Å². The summed E-state index contributed by atoms with van der Waals surface area (Å²) in [6.07, 6.45) is 0.251. The maximum absolute atomic E-state index is 11.5. The molecule has 24 heavy (non-hydrogen) atoms. The Kier molecular flexibility index (Phi) is 6.45. The summed E-state index contributed by atoms with van der Waals surface area (Å²) in [4.78, 5) is 11.5. The number of esters is 1. The molecule has 0 unspecified atom stereocenters. The van der Waals surface area contributed by atoms with Crippen LogP contribution in [0.3, 0.4) is 0 Å². The van der Waals surface area contributed by atoms with Gasteiger partial charge in [0, 0.05) is 0 Å². The minimum absolute atomic E-state index is 0.159. The lowest BCUT2D eigenvalue weighted by molar-refractivity contribution is -0.140. The van der Waals surface area contributed by atoms with Crippen LogP contribution in [0, 0.1) is 18.8 Å². The zero-order chi connectivity index (χ0) is 17.4. The van der Waals surface area contributed by atoms with E-state index in [0.717, 1.165) is 11.3 Å². The van der Waals surface area contributed by atoms with Gasteiger partial charge in [-0.25, -0.2) is 0 Å². The molecular weight excluding hydrogens is 300 g/mol. The van der Waals surface area contributed by atoms with Gasteiger partial charge in [0.1, 0.15) is 12.4 Å². The summed E-state index contributed by atoms with van der Waals surface area (Å²) >= 11 is 0. The molecule has 0 spiro atoms. The minimum Gasteiger partial charge on any atom is -0.489 e. The van der Waals surface area contributed by atoms with E-state index < -0.39 is 0 Å². The van der Waals surface area contributed by atoms with Crippen molar-refractivity contribution in [3.8, 4) is 17.6 Å². The lowest BCUT2D eigenvalue weighted by Crippen LogP contribution is -2.07. The molecule has 0 amide bonds. The molecule has 0 aliphatic heterocycles. The first-order valence-corrected chi connectivity index (χ1v) is 7.90. The first kappa shape index (κ1) is 17.6.